The topological polar surface area (TPSA) is 102 Å². The lowest BCUT2D eigenvalue weighted by Gasteiger charge is -2.11. The summed E-state index contributed by atoms with van der Waals surface area (Å²) in [4.78, 5) is 37.1. The number of benzene rings is 2. The summed E-state index contributed by atoms with van der Waals surface area (Å²) >= 11 is 0. The highest BCUT2D eigenvalue weighted by Gasteiger charge is 2.15. The van der Waals surface area contributed by atoms with Gasteiger partial charge in [0.15, 0.2) is 0 Å². The highest BCUT2D eigenvalue weighted by molar-refractivity contribution is 5.96. The van der Waals surface area contributed by atoms with E-state index in [4.69, 9.17) is 4.74 Å². The predicted molar refractivity (Wildman–Crippen MR) is 120 cm³/mol. The molecular weight excluding hydrogens is 408 g/mol. The molecule has 8 heteroatoms. The van der Waals surface area contributed by atoms with Crippen LogP contribution in [0.5, 0.6) is 0 Å². The van der Waals surface area contributed by atoms with E-state index in [2.05, 4.69) is 15.7 Å². The van der Waals surface area contributed by atoms with Crippen molar-refractivity contribution in [2.75, 3.05) is 12.4 Å². The summed E-state index contributed by atoms with van der Waals surface area (Å²) in [7, 11) is 3.00. The molecule has 2 amide bonds. The van der Waals surface area contributed by atoms with Crippen molar-refractivity contribution in [3.63, 3.8) is 0 Å². The average molecular weight is 434 g/mol. The van der Waals surface area contributed by atoms with Crippen LogP contribution in [-0.4, -0.2) is 34.7 Å². The van der Waals surface area contributed by atoms with Crippen molar-refractivity contribution in [2.24, 2.45) is 7.05 Å². The van der Waals surface area contributed by atoms with Crippen molar-refractivity contribution < 1.29 is 19.1 Å². The number of ether oxygens (including phenoxy) is 1. The number of aromatic nitrogens is 2. The zero-order chi connectivity index (χ0) is 23.1. The van der Waals surface area contributed by atoms with Gasteiger partial charge in [0.1, 0.15) is 5.69 Å². The van der Waals surface area contributed by atoms with Crippen LogP contribution < -0.4 is 10.6 Å². The van der Waals surface area contributed by atoms with Crippen molar-refractivity contribution in [3.05, 3.63) is 82.7 Å². The van der Waals surface area contributed by atoms with Gasteiger partial charge in [0.25, 0.3) is 5.91 Å². The number of carbonyl (C=O) groups excluding carboxylic acids is 3. The molecule has 2 N–H and O–H groups in total. The third-order valence-corrected chi connectivity index (χ3v) is 4.88. The van der Waals surface area contributed by atoms with E-state index in [1.165, 1.54) is 11.8 Å². The van der Waals surface area contributed by atoms with E-state index in [0.717, 1.165) is 17.7 Å². The summed E-state index contributed by atoms with van der Waals surface area (Å²) in [6.07, 6.45) is 0.934. The first-order chi connectivity index (χ1) is 15.4. The average Bonchev–Trinajstić information content (AvgIpc) is 3.18. The summed E-state index contributed by atoms with van der Waals surface area (Å²) in [5.41, 5.74) is 3.53. The lowest BCUT2D eigenvalue weighted by Crippen LogP contribution is -2.25. The summed E-state index contributed by atoms with van der Waals surface area (Å²) in [6, 6.07) is 16.0. The smallest absolute Gasteiger partial charge is 0.337 e. The summed E-state index contributed by atoms with van der Waals surface area (Å²) in [5, 5.41) is 9.93. The fourth-order valence-corrected chi connectivity index (χ4v) is 3.27. The van der Waals surface area contributed by atoms with E-state index in [1.54, 1.807) is 31.3 Å². The molecule has 0 fully saturated rings. The van der Waals surface area contributed by atoms with E-state index in [9.17, 15) is 14.4 Å². The molecule has 0 aliphatic heterocycles. The molecule has 3 aromatic rings. The number of hydrogen-bond acceptors (Lipinski definition) is 5. The number of esters is 1. The van der Waals surface area contributed by atoms with E-state index in [-0.39, 0.29) is 30.3 Å². The standard InChI is InChI=1S/C24H26N4O4/c1-4-19-14-21(28(2)27-19)23(30)25-15-17-10-18(24(31)32-3)13-20(11-17)26-22(29)12-16-8-6-5-7-9-16/h5-11,13-14H,4,12,15H2,1-3H3,(H,25,30)(H,26,29). The molecule has 3 rings (SSSR count). The molecule has 0 spiro atoms. The number of aryl methyl sites for hydroxylation is 2. The Balaban J connectivity index is 1.74. The highest BCUT2D eigenvalue weighted by atomic mass is 16.5. The number of anilines is 1. The van der Waals surface area contributed by atoms with Gasteiger partial charge in [0.05, 0.1) is 24.8 Å². The molecule has 0 atom stereocenters. The van der Waals surface area contributed by atoms with Crippen molar-refractivity contribution in [1.29, 1.82) is 0 Å². The summed E-state index contributed by atoms with van der Waals surface area (Å²) in [5.74, 6) is -1.02. The quantitative estimate of drug-likeness (QED) is 0.531. The molecule has 0 saturated heterocycles. The Hall–Kier alpha value is -3.94. The van der Waals surface area contributed by atoms with Gasteiger partial charge in [-0.3, -0.25) is 14.3 Å². The normalized spacial score (nSPS) is 10.5. The van der Waals surface area contributed by atoms with Gasteiger partial charge in [-0.05, 0) is 41.8 Å². The molecule has 0 aliphatic rings. The molecule has 0 radical (unpaired) electrons. The minimum absolute atomic E-state index is 0.165. The van der Waals surface area contributed by atoms with Gasteiger partial charge in [-0.2, -0.15) is 5.10 Å². The van der Waals surface area contributed by atoms with Crippen LogP contribution in [0.25, 0.3) is 0 Å². The Bertz CT molecular complexity index is 1120. The third-order valence-electron chi connectivity index (χ3n) is 4.88. The van der Waals surface area contributed by atoms with E-state index in [1.807, 2.05) is 37.3 Å². The van der Waals surface area contributed by atoms with Crippen LogP contribution in [0.4, 0.5) is 5.69 Å². The van der Waals surface area contributed by atoms with Gasteiger partial charge in [-0.25, -0.2) is 4.79 Å². The van der Waals surface area contributed by atoms with Gasteiger partial charge in [-0.15, -0.1) is 0 Å². The molecule has 0 unspecified atom stereocenters. The number of rotatable bonds is 8. The SMILES string of the molecule is CCc1cc(C(=O)NCc2cc(NC(=O)Cc3ccccc3)cc(C(=O)OC)c2)n(C)n1. The Labute approximate surface area is 186 Å². The first kappa shape index (κ1) is 22.7. The second-order valence-corrected chi connectivity index (χ2v) is 7.30. The first-order valence-corrected chi connectivity index (χ1v) is 10.3. The molecule has 0 bridgehead atoms. The number of hydrogen-bond donors (Lipinski definition) is 2. The molecule has 1 heterocycles. The summed E-state index contributed by atoms with van der Waals surface area (Å²) < 4.78 is 6.36. The van der Waals surface area contributed by atoms with Gasteiger partial charge in [0.2, 0.25) is 5.91 Å². The Morgan fingerprint density at radius 2 is 1.78 bits per heavy atom. The Morgan fingerprint density at radius 3 is 2.44 bits per heavy atom. The van der Waals surface area contributed by atoms with Crippen LogP contribution >= 0.6 is 0 Å². The van der Waals surface area contributed by atoms with Crippen molar-refractivity contribution in [1.82, 2.24) is 15.1 Å². The fourth-order valence-electron chi connectivity index (χ4n) is 3.27. The molecule has 2 aromatic carbocycles. The van der Waals surface area contributed by atoms with Crippen LogP contribution in [0.1, 0.15) is 44.6 Å². The summed E-state index contributed by atoms with van der Waals surface area (Å²) in [6.45, 7) is 2.13. The predicted octanol–water partition coefficient (Wildman–Crippen LogP) is 2.88. The van der Waals surface area contributed by atoms with Crippen LogP contribution in [0.2, 0.25) is 0 Å². The second-order valence-electron chi connectivity index (χ2n) is 7.30. The van der Waals surface area contributed by atoms with E-state index >= 15 is 0 Å². The number of nitrogens with zero attached hydrogens (tertiary/aromatic N) is 2. The van der Waals surface area contributed by atoms with E-state index < -0.39 is 5.97 Å². The zero-order valence-corrected chi connectivity index (χ0v) is 18.3. The molecule has 0 aliphatic carbocycles. The maximum Gasteiger partial charge on any atom is 0.337 e. The van der Waals surface area contributed by atoms with Gasteiger partial charge in [0, 0.05) is 19.3 Å². The van der Waals surface area contributed by atoms with Crippen molar-refractivity contribution in [3.8, 4) is 0 Å². The van der Waals surface area contributed by atoms with Crippen LogP contribution in [0.3, 0.4) is 0 Å². The molecule has 1 aromatic heterocycles. The molecule has 8 nitrogen and oxygen atoms in total. The maximum absolute atomic E-state index is 12.6. The van der Waals surface area contributed by atoms with Crippen LogP contribution in [0.15, 0.2) is 54.6 Å². The maximum atomic E-state index is 12.6. The Morgan fingerprint density at radius 1 is 1.03 bits per heavy atom. The van der Waals surface area contributed by atoms with Crippen LogP contribution in [0, 0.1) is 0 Å². The third kappa shape index (κ3) is 5.81. The molecule has 32 heavy (non-hydrogen) atoms. The van der Waals surface area contributed by atoms with E-state index in [0.29, 0.717) is 16.9 Å². The first-order valence-electron chi connectivity index (χ1n) is 10.3. The van der Waals surface area contributed by atoms with Gasteiger partial charge < -0.3 is 15.4 Å². The van der Waals surface area contributed by atoms with Gasteiger partial charge >= 0.3 is 5.97 Å². The number of nitrogens with one attached hydrogen (secondary N) is 2. The fraction of sp³-hybridized carbons (Fsp3) is 0.250. The zero-order valence-electron chi connectivity index (χ0n) is 18.3. The van der Waals surface area contributed by atoms with Crippen LogP contribution in [-0.2, 0) is 36.0 Å². The Kier molecular flexibility index (Phi) is 7.38. The van der Waals surface area contributed by atoms with Crippen molar-refractivity contribution in [2.45, 2.75) is 26.3 Å². The van der Waals surface area contributed by atoms with Crippen molar-refractivity contribution >= 4 is 23.5 Å². The lowest BCUT2D eigenvalue weighted by molar-refractivity contribution is -0.115. The number of carbonyl (C=O) groups is 3. The second kappa shape index (κ2) is 10.4. The number of amides is 2. The largest absolute Gasteiger partial charge is 0.465 e. The molecule has 0 saturated carbocycles. The minimum atomic E-state index is -0.532. The minimum Gasteiger partial charge on any atom is -0.465 e. The molecule has 166 valence electrons. The number of methoxy groups -OCH3 is 1. The highest BCUT2D eigenvalue weighted by Crippen LogP contribution is 2.17. The van der Waals surface area contributed by atoms with Gasteiger partial charge in [-0.1, -0.05) is 37.3 Å². The lowest BCUT2D eigenvalue weighted by atomic mass is 10.1. The molecular formula is C24H26N4O4. The monoisotopic (exact) mass is 434 g/mol.